The summed E-state index contributed by atoms with van der Waals surface area (Å²) in [5.41, 5.74) is 1.19. The van der Waals surface area contributed by atoms with E-state index in [-0.39, 0.29) is 0 Å². The summed E-state index contributed by atoms with van der Waals surface area (Å²) in [5.74, 6) is 1.38. The lowest BCUT2D eigenvalue weighted by atomic mass is 9.96. The summed E-state index contributed by atoms with van der Waals surface area (Å²) in [4.78, 5) is 0. The van der Waals surface area contributed by atoms with Crippen LogP contribution in [0.5, 0.6) is 5.75 Å². The highest BCUT2D eigenvalue weighted by Crippen LogP contribution is 2.31. The SMILES string of the molecule is CC/C=C\CC(C)c1cc(Cl)ccc1OCC. The Morgan fingerprint density at radius 1 is 1.29 bits per heavy atom. The van der Waals surface area contributed by atoms with Gasteiger partial charge in [-0.05, 0) is 49.4 Å². The molecule has 1 aromatic rings. The number of hydrogen-bond acceptors (Lipinski definition) is 1. The first kappa shape index (κ1) is 14.1. The predicted molar refractivity (Wildman–Crippen MR) is 75.1 cm³/mol. The number of ether oxygens (including phenoxy) is 1. The van der Waals surface area contributed by atoms with Gasteiger partial charge in [-0.3, -0.25) is 0 Å². The topological polar surface area (TPSA) is 9.23 Å². The molecule has 0 radical (unpaired) electrons. The lowest BCUT2D eigenvalue weighted by Gasteiger charge is -2.15. The second kappa shape index (κ2) is 7.39. The highest BCUT2D eigenvalue weighted by Gasteiger charge is 2.11. The standard InChI is InChI=1S/C15H21ClO/c1-4-6-7-8-12(3)14-11-13(16)9-10-15(14)17-5-2/h6-7,9-12H,4-5,8H2,1-3H3/b7-6-. The molecule has 0 N–H and O–H groups in total. The highest BCUT2D eigenvalue weighted by molar-refractivity contribution is 6.30. The summed E-state index contributed by atoms with van der Waals surface area (Å²) in [6, 6.07) is 5.85. The number of rotatable bonds is 6. The Kier molecular flexibility index (Phi) is 6.13. The van der Waals surface area contributed by atoms with Gasteiger partial charge < -0.3 is 4.74 Å². The molecule has 1 atom stereocenters. The zero-order valence-electron chi connectivity index (χ0n) is 10.9. The number of hydrogen-bond donors (Lipinski definition) is 0. The molecular formula is C15H21ClO. The molecule has 0 fully saturated rings. The van der Waals surface area contributed by atoms with Crippen molar-refractivity contribution in [1.82, 2.24) is 0 Å². The van der Waals surface area contributed by atoms with E-state index in [4.69, 9.17) is 16.3 Å². The van der Waals surface area contributed by atoms with Crippen molar-refractivity contribution in [3.8, 4) is 5.75 Å². The minimum atomic E-state index is 0.429. The Morgan fingerprint density at radius 3 is 2.71 bits per heavy atom. The third-order valence-electron chi connectivity index (χ3n) is 2.69. The molecule has 1 aromatic carbocycles. The molecule has 2 heteroatoms. The molecule has 0 aromatic heterocycles. The van der Waals surface area contributed by atoms with Crippen molar-refractivity contribution in [1.29, 1.82) is 0 Å². The van der Waals surface area contributed by atoms with Crippen LogP contribution in [0.25, 0.3) is 0 Å². The van der Waals surface area contributed by atoms with E-state index in [1.165, 1.54) is 5.56 Å². The normalized spacial score (nSPS) is 12.9. The Bertz CT molecular complexity index is 371. The van der Waals surface area contributed by atoms with Crippen LogP contribution in [0, 0.1) is 0 Å². The average molecular weight is 253 g/mol. The van der Waals surface area contributed by atoms with Gasteiger partial charge in [0.05, 0.1) is 6.61 Å². The minimum Gasteiger partial charge on any atom is -0.494 e. The van der Waals surface area contributed by atoms with E-state index < -0.39 is 0 Å². The van der Waals surface area contributed by atoms with Gasteiger partial charge in [-0.2, -0.15) is 0 Å². The van der Waals surface area contributed by atoms with Gasteiger partial charge in [0.1, 0.15) is 5.75 Å². The molecule has 0 spiro atoms. The first-order valence-electron chi connectivity index (χ1n) is 6.26. The predicted octanol–water partition coefficient (Wildman–Crippen LogP) is 5.20. The molecule has 1 nitrogen and oxygen atoms in total. The molecule has 1 rings (SSSR count). The Labute approximate surface area is 109 Å². The fraction of sp³-hybridized carbons (Fsp3) is 0.467. The number of halogens is 1. The van der Waals surface area contributed by atoms with E-state index in [1.807, 2.05) is 25.1 Å². The van der Waals surface area contributed by atoms with Crippen LogP contribution in [0.3, 0.4) is 0 Å². The van der Waals surface area contributed by atoms with Crippen LogP contribution in [0.4, 0.5) is 0 Å². The lowest BCUT2D eigenvalue weighted by Crippen LogP contribution is -2.00. The van der Waals surface area contributed by atoms with E-state index >= 15 is 0 Å². The maximum Gasteiger partial charge on any atom is 0.122 e. The van der Waals surface area contributed by atoms with Crippen molar-refractivity contribution in [2.45, 2.75) is 39.5 Å². The Morgan fingerprint density at radius 2 is 2.06 bits per heavy atom. The second-order valence-electron chi connectivity index (χ2n) is 4.13. The van der Waals surface area contributed by atoms with Gasteiger partial charge in [-0.25, -0.2) is 0 Å². The van der Waals surface area contributed by atoms with Crippen LogP contribution in [0.1, 0.15) is 45.1 Å². The van der Waals surface area contributed by atoms with Crippen molar-refractivity contribution in [3.05, 3.63) is 40.9 Å². The summed E-state index contributed by atoms with van der Waals surface area (Å²) in [5, 5.41) is 0.773. The average Bonchev–Trinajstić information content (AvgIpc) is 2.32. The van der Waals surface area contributed by atoms with Gasteiger partial charge in [0.2, 0.25) is 0 Å². The van der Waals surface area contributed by atoms with E-state index in [9.17, 15) is 0 Å². The Hall–Kier alpha value is -0.950. The quantitative estimate of drug-likeness (QED) is 0.633. The highest BCUT2D eigenvalue weighted by atomic mass is 35.5. The van der Waals surface area contributed by atoms with Gasteiger partial charge in [0.15, 0.2) is 0 Å². The van der Waals surface area contributed by atoms with Crippen molar-refractivity contribution >= 4 is 11.6 Å². The van der Waals surface area contributed by atoms with Gasteiger partial charge in [0.25, 0.3) is 0 Å². The van der Waals surface area contributed by atoms with Crippen LogP contribution < -0.4 is 4.74 Å². The van der Waals surface area contributed by atoms with Crippen LogP contribution in [0.15, 0.2) is 30.4 Å². The largest absolute Gasteiger partial charge is 0.494 e. The molecule has 17 heavy (non-hydrogen) atoms. The minimum absolute atomic E-state index is 0.429. The van der Waals surface area contributed by atoms with E-state index in [0.29, 0.717) is 12.5 Å². The molecule has 1 unspecified atom stereocenters. The van der Waals surface area contributed by atoms with Crippen LogP contribution in [0.2, 0.25) is 5.02 Å². The first-order valence-corrected chi connectivity index (χ1v) is 6.64. The summed E-state index contributed by atoms with van der Waals surface area (Å²) in [6.45, 7) is 7.03. The van der Waals surface area contributed by atoms with E-state index in [2.05, 4.69) is 26.0 Å². The van der Waals surface area contributed by atoms with Crippen molar-refractivity contribution in [2.24, 2.45) is 0 Å². The number of allylic oxidation sites excluding steroid dienone is 2. The van der Waals surface area contributed by atoms with Gasteiger partial charge >= 0.3 is 0 Å². The lowest BCUT2D eigenvalue weighted by molar-refractivity contribution is 0.334. The third-order valence-corrected chi connectivity index (χ3v) is 2.93. The van der Waals surface area contributed by atoms with E-state index in [1.54, 1.807) is 0 Å². The van der Waals surface area contributed by atoms with Crippen LogP contribution in [-0.4, -0.2) is 6.61 Å². The fourth-order valence-corrected chi connectivity index (χ4v) is 1.97. The molecule has 0 saturated heterocycles. The molecule has 0 amide bonds. The molecule has 0 aliphatic heterocycles. The zero-order chi connectivity index (χ0) is 12.7. The van der Waals surface area contributed by atoms with Crippen LogP contribution in [-0.2, 0) is 0 Å². The first-order chi connectivity index (χ1) is 8.19. The summed E-state index contributed by atoms with van der Waals surface area (Å²) < 4.78 is 5.64. The fourth-order valence-electron chi connectivity index (χ4n) is 1.79. The molecular weight excluding hydrogens is 232 g/mol. The molecule has 0 bridgehead atoms. The maximum absolute atomic E-state index is 6.05. The van der Waals surface area contributed by atoms with Crippen molar-refractivity contribution < 1.29 is 4.74 Å². The van der Waals surface area contributed by atoms with Gasteiger partial charge in [-0.15, -0.1) is 0 Å². The second-order valence-corrected chi connectivity index (χ2v) is 4.57. The molecule has 0 aliphatic rings. The van der Waals surface area contributed by atoms with Crippen LogP contribution >= 0.6 is 11.6 Å². The summed E-state index contributed by atoms with van der Waals surface area (Å²) in [6.07, 6.45) is 6.53. The van der Waals surface area contributed by atoms with E-state index in [0.717, 1.165) is 23.6 Å². The maximum atomic E-state index is 6.05. The van der Waals surface area contributed by atoms with Crippen molar-refractivity contribution in [2.75, 3.05) is 6.61 Å². The molecule has 0 aliphatic carbocycles. The summed E-state index contributed by atoms with van der Waals surface area (Å²) in [7, 11) is 0. The molecule has 94 valence electrons. The van der Waals surface area contributed by atoms with Gasteiger partial charge in [-0.1, -0.05) is 37.6 Å². The monoisotopic (exact) mass is 252 g/mol. The van der Waals surface area contributed by atoms with Crippen molar-refractivity contribution in [3.63, 3.8) is 0 Å². The molecule has 0 heterocycles. The summed E-state index contributed by atoms with van der Waals surface area (Å²) >= 11 is 6.05. The third kappa shape index (κ3) is 4.43. The number of benzene rings is 1. The molecule has 0 saturated carbocycles. The Balaban J connectivity index is 2.85. The smallest absolute Gasteiger partial charge is 0.122 e. The van der Waals surface area contributed by atoms with Gasteiger partial charge in [0, 0.05) is 5.02 Å². The zero-order valence-corrected chi connectivity index (χ0v) is 11.6.